The molecule has 3 N–H and O–H groups in total. The molecule has 0 radical (unpaired) electrons. The number of hydrogen-bond donors (Lipinski definition) is 3. The second-order valence-electron chi connectivity index (χ2n) is 10.2. The van der Waals surface area contributed by atoms with Gasteiger partial charge in [0.05, 0.1) is 34.8 Å². The molecule has 0 spiro atoms. The SMILES string of the molecule is [C-]#[N+]c1cc(Cl)c(Nc2ccc3c(c2)n(CCC(C)(C)O)c(=O)n3C)nc1N1C[C@@H](C)C(F)(F)[C@@H](O)C1. The summed E-state index contributed by atoms with van der Waals surface area (Å²) < 4.78 is 31.5. The van der Waals surface area contributed by atoms with Crippen LogP contribution in [0.25, 0.3) is 15.9 Å². The van der Waals surface area contributed by atoms with E-state index in [1.807, 2.05) is 0 Å². The van der Waals surface area contributed by atoms with Crippen LogP contribution in [0.5, 0.6) is 0 Å². The number of nitrogens with one attached hydrogen (secondary N) is 1. The number of piperidine rings is 1. The molecule has 0 saturated carbocycles. The molecule has 0 aliphatic carbocycles. The summed E-state index contributed by atoms with van der Waals surface area (Å²) in [5.41, 5.74) is 0.826. The van der Waals surface area contributed by atoms with Crippen LogP contribution in [0, 0.1) is 12.5 Å². The van der Waals surface area contributed by atoms with Crippen LogP contribution in [0.2, 0.25) is 5.02 Å². The average Bonchev–Trinajstić information content (AvgIpc) is 3.05. The Bertz CT molecular complexity index is 1430. The third kappa shape index (κ3) is 5.14. The van der Waals surface area contributed by atoms with Crippen LogP contribution in [0.3, 0.4) is 0 Å². The summed E-state index contributed by atoms with van der Waals surface area (Å²) in [4.78, 5) is 22.2. The smallest absolute Gasteiger partial charge is 0.328 e. The van der Waals surface area contributed by atoms with E-state index in [0.29, 0.717) is 29.7 Å². The number of aryl methyl sites for hydroxylation is 2. The molecule has 0 bridgehead atoms. The lowest BCUT2D eigenvalue weighted by Gasteiger charge is -2.41. The van der Waals surface area contributed by atoms with Gasteiger partial charge >= 0.3 is 5.69 Å². The number of nitrogens with zero attached hydrogens (tertiary/aromatic N) is 5. The Morgan fingerprint density at radius 3 is 2.62 bits per heavy atom. The first-order valence-electron chi connectivity index (χ1n) is 11.8. The topological polar surface area (TPSA) is 99.9 Å². The van der Waals surface area contributed by atoms with E-state index in [1.165, 1.54) is 22.5 Å². The number of aliphatic hydroxyl groups excluding tert-OH is 1. The molecule has 1 fully saturated rings. The zero-order valence-electron chi connectivity index (χ0n) is 21.0. The van der Waals surface area contributed by atoms with Crippen molar-refractivity contribution in [1.29, 1.82) is 0 Å². The normalized spacial score (nSPS) is 19.7. The number of anilines is 3. The Hall–Kier alpha value is -3.20. The number of alkyl halides is 2. The van der Waals surface area contributed by atoms with E-state index in [0.717, 1.165) is 0 Å². The fourth-order valence-electron chi connectivity index (χ4n) is 4.46. The predicted octanol–water partition coefficient (Wildman–Crippen LogP) is 4.30. The van der Waals surface area contributed by atoms with Gasteiger partial charge in [-0.3, -0.25) is 9.13 Å². The molecule has 0 amide bonds. The molecule has 1 saturated heterocycles. The maximum Gasteiger partial charge on any atom is 0.328 e. The molecule has 1 aromatic carbocycles. The molecular weight excluding hydrogens is 506 g/mol. The van der Waals surface area contributed by atoms with Crippen molar-refractivity contribution in [3.8, 4) is 0 Å². The molecule has 2 aromatic heterocycles. The van der Waals surface area contributed by atoms with E-state index in [9.17, 15) is 23.8 Å². The maximum atomic E-state index is 14.2. The Morgan fingerprint density at radius 2 is 2.00 bits per heavy atom. The third-order valence-corrected chi connectivity index (χ3v) is 6.99. The van der Waals surface area contributed by atoms with Crippen molar-refractivity contribution in [2.24, 2.45) is 13.0 Å². The van der Waals surface area contributed by atoms with E-state index >= 15 is 0 Å². The van der Waals surface area contributed by atoms with Gasteiger partial charge in [-0.05, 0) is 44.5 Å². The average molecular weight is 535 g/mol. The van der Waals surface area contributed by atoms with Crippen molar-refractivity contribution >= 4 is 45.6 Å². The number of rotatable bonds is 6. The molecule has 4 rings (SSSR count). The summed E-state index contributed by atoms with van der Waals surface area (Å²) in [6, 6.07) is 6.68. The molecule has 9 nitrogen and oxygen atoms in total. The molecular formula is C25H29ClF2N6O3. The molecule has 37 heavy (non-hydrogen) atoms. The third-order valence-electron chi connectivity index (χ3n) is 6.70. The van der Waals surface area contributed by atoms with Crippen molar-refractivity contribution in [1.82, 2.24) is 14.1 Å². The highest BCUT2D eigenvalue weighted by Crippen LogP contribution is 2.40. The monoisotopic (exact) mass is 534 g/mol. The quantitative estimate of drug-likeness (QED) is 0.408. The van der Waals surface area contributed by atoms with Crippen LogP contribution in [0.15, 0.2) is 29.1 Å². The number of halogens is 3. The molecule has 198 valence electrons. The highest BCUT2D eigenvalue weighted by Gasteiger charge is 2.49. The van der Waals surface area contributed by atoms with E-state index in [-0.39, 0.29) is 41.1 Å². The maximum absolute atomic E-state index is 14.2. The fourth-order valence-corrected chi connectivity index (χ4v) is 4.65. The lowest BCUT2D eigenvalue weighted by molar-refractivity contribution is -0.149. The van der Waals surface area contributed by atoms with Gasteiger partial charge in [0.15, 0.2) is 0 Å². The minimum Gasteiger partial charge on any atom is -0.390 e. The minimum atomic E-state index is -3.24. The molecule has 0 unspecified atom stereocenters. The minimum absolute atomic E-state index is 0.0825. The lowest BCUT2D eigenvalue weighted by Crippen LogP contribution is -2.56. The summed E-state index contributed by atoms with van der Waals surface area (Å²) in [6.07, 6.45) is -1.53. The Morgan fingerprint density at radius 1 is 1.30 bits per heavy atom. The predicted molar refractivity (Wildman–Crippen MR) is 139 cm³/mol. The number of benzene rings is 1. The number of imidazole rings is 1. The molecule has 1 aliphatic heterocycles. The standard InChI is InChI=1S/C25H29ClF2N6O3/c1-14-12-33(13-20(35)25(14,27)28)22-17(29-4)11-16(26)21(31-22)30-15-6-7-18-19(10-15)34(23(36)32(18)5)9-8-24(2,3)37/h6-7,10-11,14,20,35,37H,8-9,12-13H2,1-3,5H3,(H,30,31)/t14-,20+/m1/s1. The molecule has 3 heterocycles. The van der Waals surface area contributed by atoms with Crippen LogP contribution < -0.4 is 15.9 Å². The number of hydrogen-bond acceptors (Lipinski definition) is 6. The Balaban J connectivity index is 1.70. The van der Waals surface area contributed by atoms with Gasteiger partial charge in [-0.25, -0.2) is 23.4 Å². The van der Waals surface area contributed by atoms with Gasteiger partial charge in [0.25, 0.3) is 5.92 Å². The molecule has 2 atom stereocenters. The van der Waals surface area contributed by atoms with Gasteiger partial charge in [-0.15, -0.1) is 0 Å². The number of β-amino-alcohol motifs (C(OH)–C–C–N with tert-alkyl or cyclic N) is 1. The van der Waals surface area contributed by atoms with Gasteiger partial charge in [0.1, 0.15) is 17.7 Å². The number of pyridine rings is 1. The summed E-state index contributed by atoms with van der Waals surface area (Å²) in [7, 11) is 1.67. The van der Waals surface area contributed by atoms with Gasteiger partial charge in [0, 0.05) is 31.7 Å². The Kier molecular flexibility index (Phi) is 6.96. The summed E-state index contributed by atoms with van der Waals surface area (Å²) in [5, 5.41) is 23.4. The van der Waals surface area contributed by atoms with Crippen LogP contribution in [0.1, 0.15) is 27.2 Å². The van der Waals surface area contributed by atoms with Crippen LogP contribution in [-0.4, -0.2) is 55.0 Å². The highest BCUT2D eigenvalue weighted by atomic mass is 35.5. The largest absolute Gasteiger partial charge is 0.390 e. The second kappa shape index (κ2) is 9.59. The van der Waals surface area contributed by atoms with Crippen LogP contribution >= 0.6 is 11.6 Å². The van der Waals surface area contributed by atoms with Gasteiger partial charge < -0.3 is 20.4 Å². The first-order valence-corrected chi connectivity index (χ1v) is 12.2. The first-order chi connectivity index (χ1) is 17.2. The summed E-state index contributed by atoms with van der Waals surface area (Å²) >= 11 is 6.41. The molecule has 12 heteroatoms. The van der Waals surface area contributed by atoms with E-state index in [1.54, 1.807) is 43.7 Å². The van der Waals surface area contributed by atoms with Crippen molar-refractivity contribution in [3.63, 3.8) is 0 Å². The number of aromatic nitrogens is 3. The number of fused-ring (bicyclic) bond motifs is 1. The highest BCUT2D eigenvalue weighted by molar-refractivity contribution is 6.33. The number of aliphatic hydroxyl groups is 2. The van der Waals surface area contributed by atoms with E-state index < -0.39 is 23.5 Å². The van der Waals surface area contributed by atoms with E-state index in [4.69, 9.17) is 18.2 Å². The Labute approximate surface area is 217 Å². The van der Waals surface area contributed by atoms with Crippen LogP contribution in [-0.2, 0) is 13.6 Å². The van der Waals surface area contributed by atoms with Crippen molar-refractivity contribution in [3.05, 3.63) is 51.2 Å². The molecule has 1 aliphatic rings. The zero-order valence-corrected chi connectivity index (χ0v) is 21.7. The van der Waals surface area contributed by atoms with Crippen molar-refractivity contribution in [2.45, 2.75) is 51.4 Å². The summed E-state index contributed by atoms with van der Waals surface area (Å²) in [6.45, 7) is 12.0. The van der Waals surface area contributed by atoms with Crippen LogP contribution in [0.4, 0.5) is 31.8 Å². The van der Waals surface area contributed by atoms with Gasteiger partial charge in [0.2, 0.25) is 5.69 Å². The summed E-state index contributed by atoms with van der Waals surface area (Å²) in [5.74, 6) is -4.05. The fraction of sp³-hybridized carbons (Fsp3) is 0.480. The van der Waals surface area contributed by atoms with Gasteiger partial charge in [-0.1, -0.05) is 18.5 Å². The van der Waals surface area contributed by atoms with Crippen molar-refractivity contribution in [2.75, 3.05) is 23.3 Å². The first kappa shape index (κ1) is 26.9. The molecule has 3 aromatic rings. The second-order valence-corrected chi connectivity index (χ2v) is 10.6. The lowest BCUT2D eigenvalue weighted by atomic mass is 9.93. The van der Waals surface area contributed by atoms with Crippen molar-refractivity contribution < 1.29 is 19.0 Å². The zero-order chi connectivity index (χ0) is 27.3. The van der Waals surface area contributed by atoms with E-state index in [2.05, 4.69) is 15.1 Å². The van der Waals surface area contributed by atoms with Gasteiger partial charge in [-0.2, -0.15) is 0 Å².